The highest BCUT2D eigenvalue weighted by atomic mass is 79.9. The molecule has 1 aliphatic rings. The second-order valence-corrected chi connectivity index (χ2v) is 7.28. The van der Waals surface area contributed by atoms with E-state index in [0.717, 1.165) is 21.3 Å². The number of carbonyl (C=O) groups is 1. The van der Waals surface area contributed by atoms with E-state index in [0.29, 0.717) is 5.69 Å². The van der Waals surface area contributed by atoms with E-state index < -0.39 is 0 Å². The van der Waals surface area contributed by atoms with Crippen molar-refractivity contribution in [2.24, 2.45) is 0 Å². The van der Waals surface area contributed by atoms with Crippen LogP contribution in [0.4, 0.5) is 14.9 Å². The summed E-state index contributed by atoms with van der Waals surface area (Å²) in [5.41, 5.74) is 6.45. The van der Waals surface area contributed by atoms with Crippen LogP contribution in [0.25, 0.3) is 5.70 Å². The summed E-state index contributed by atoms with van der Waals surface area (Å²) in [6, 6.07) is 22.5. The number of nitrogens with zero attached hydrogens (tertiary/aromatic N) is 1. The van der Waals surface area contributed by atoms with Crippen molar-refractivity contribution in [2.75, 3.05) is 5.32 Å². The number of halogens is 2. The normalized spacial score (nSPS) is 15.7. The number of hydrogen-bond acceptors (Lipinski definition) is 2. The molecule has 0 radical (unpaired) electrons. The maximum atomic E-state index is 13.4. The molecule has 0 fully saturated rings. The molecule has 3 aromatic carbocycles. The van der Waals surface area contributed by atoms with Gasteiger partial charge < -0.3 is 5.32 Å². The number of benzene rings is 3. The fourth-order valence-electron chi connectivity index (χ4n) is 3.05. The van der Waals surface area contributed by atoms with E-state index in [-0.39, 0.29) is 17.9 Å². The Bertz CT molecular complexity index is 1000. The molecule has 4 rings (SSSR count). The van der Waals surface area contributed by atoms with Gasteiger partial charge in [-0.3, -0.25) is 5.43 Å². The van der Waals surface area contributed by atoms with E-state index in [2.05, 4.69) is 26.7 Å². The lowest BCUT2D eigenvalue weighted by molar-refractivity contribution is 0.190. The number of hydrazine groups is 1. The van der Waals surface area contributed by atoms with Gasteiger partial charge in [-0.25, -0.2) is 14.2 Å². The first kappa shape index (κ1) is 18.3. The average molecular weight is 438 g/mol. The number of nitrogens with one attached hydrogen (secondary N) is 2. The number of para-hydroxylation sites is 1. The van der Waals surface area contributed by atoms with Crippen LogP contribution in [0.15, 0.2) is 89.4 Å². The summed E-state index contributed by atoms with van der Waals surface area (Å²) >= 11 is 3.43. The summed E-state index contributed by atoms with van der Waals surface area (Å²) in [6.07, 6.45) is 1.96. The van der Waals surface area contributed by atoms with E-state index in [1.165, 1.54) is 17.1 Å². The van der Waals surface area contributed by atoms with Crippen LogP contribution < -0.4 is 10.7 Å². The second kappa shape index (κ2) is 7.86. The Morgan fingerprint density at radius 1 is 0.964 bits per heavy atom. The summed E-state index contributed by atoms with van der Waals surface area (Å²) in [4.78, 5) is 12.9. The highest BCUT2D eigenvalue weighted by Gasteiger charge is 2.31. The molecular weight excluding hydrogens is 421 g/mol. The number of hydrogen-bond donors (Lipinski definition) is 2. The largest absolute Gasteiger partial charge is 0.341 e. The van der Waals surface area contributed by atoms with Gasteiger partial charge in [-0.15, -0.1) is 0 Å². The van der Waals surface area contributed by atoms with Crippen molar-refractivity contribution in [1.29, 1.82) is 0 Å². The zero-order valence-electron chi connectivity index (χ0n) is 14.8. The van der Waals surface area contributed by atoms with Crippen LogP contribution in [0.5, 0.6) is 0 Å². The molecule has 0 bridgehead atoms. The van der Waals surface area contributed by atoms with Gasteiger partial charge in [0.05, 0.1) is 5.70 Å². The van der Waals surface area contributed by atoms with E-state index >= 15 is 0 Å². The highest BCUT2D eigenvalue weighted by Crippen LogP contribution is 2.32. The van der Waals surface area contributed by atoms with E-state index in [4.69, 9.17) is 0 Å². The molecule has 0 spiro atoms. The summed E-state index contributed by atoms with van der Waals surface area (Å²) in [7, 11) is 0. The van der Waals surface area contributed by atoms with E-state index in [9.17, 15) is 9.18 Å². The molecule has 0 aliphatic carbocycles. The van der Waals surface area contributed by atoms with Crippen LogP contribution in [0.3, 0.4) is 0 Å². The Morgan fingerprint density at radius 2 is 1.64 bits per heavy atom. The molecule has 3 aromatic rings. The number of rotatable bonds is 3. The van der Waals surface area contributed by atoms with Crippen molar-refractivity contribution in [3.63, 3.8) is 0 Å². The first-order chi connectivity index (χ1) is 13.6. The molecule has 2 amide bonds. The smallest absolute Gasteiger partial charge is 0.306 e. The third-order valence-corrected chi connectivity index (χ3v) is 4.98. The Labute approximate surface area is 170 Å². The molecule has 1 atom stereocenters. The quantitative estimate of drug-likeness (QED) is 0.549. The molecule has 0 saturated heterocycles. The first-order valence-corrected chi connectivity index (χ1v) is 9.54. The van der Waals surface area contributed by atoms with Gasteiger partial charge in [0.2, 0.25) is 0 Å². The van der Waals surface area contributed by atoms with Gasteiger partial charge in [-0.2, -0.15) is 0 Å². The van der Waals surface area contributed by atoms with Gasteiger partial charge in [0.15, 0.2) is 0 Å². The monoisotopic (exact) mass is 437 g/mol. The molecule has 6 heteroatoms. The van der Waals surface area contributed by atoms with Gasteiger partial charge in [-0.05, 0) is 53.6 Å². The maximum absolute atomic E-state index is 13.4. The lowest BCUT2D eigenvalue weighted by Crippen LogP contribution is -2.42. The van der Waals surface area contributed by atoms with Crippen molar-refractivity contribution in [2.45, 2.75) is 6.04 Å². The van der Waals surface area contributed by atoms with Crippen LogP contribution in [0.2, 0.25) is 0 Å². The Balaban J connectivity index is 1.64. The summed E-state index contributed by atoms with van der Waals surface area (Å²) in [5.74, 6) is -0.313. The average Bonchev–Trinajstić information content (AvgIpc) is 3.15. The van der Waals surface area contributed by atoms with Crippen molar-refractivity contribution < 1.29 is 9.18 Å². The van der Waals surface area contributed by atoms with Crippen molar-refractivity contribution in [3.8, 4) is 0 Å². The highest BCUT2D eigenvalue weighted by molar-refractivity contribution is 9.10. The lowest BCUT2D eigenvalue weighted by Gasteiger charge is -2.25. The second-order valence-electron chi connectivity index (χ2n) is 6.36. The third kappa shape index (κ3) is 3.92. The molecule has 0 aromatic heterocycles. The molecule has 4 nitrogen and oxygen atoms in total. The minimum absolute atomic E-state index is 0.302. The van der Waals surface area contributed by atoms with Gasteiger partial charge in [-0.1, -0.05) is 58.4 Å². The van der Waals surface area contributed by atoms with Gasteiger partial charge in [0.25, 0.3) is 0 Å². The zero-order valence-corrected chi connectivity index (χ0v) is 16.4. The minimum Gasteiger partial charge on any atom is -0.306 e. The van der Waals surface area contributed by atoms with Crippen LogP contribution in [0, 0.1) is 5.82 Å². The minimum atomic E-state index is -0.372. The van der Waals surface area contributed by atoms with Gasteiger partial charge >= 0.3 is 6.03 Å². The van der Waals surface area contributed by atoms with E-state index in [1.807, 2.05) is 60.7 Å². The SMILES string of the molecule is O=C(Nc1ccccc1)N1NC(c2ccc(Br)cc2)=CC1c1ccc(F)cc1. The maximum Gasteiger partial charge on any atom is 0.341 e. The van der Waals surface area contributed by atoms with Crippen LogP contribution in [-0.4, -0.2) is 11.0 Å². The first-order valence-electron chi connectivity index (χ1n) is 8.75. The molecule has 1 aliphatic heterocycles. The van der Waals surface area contributed by atoms with Crippen LogP contribution >= 0.6 is 15.9 Å². The molecule has 140 valence electrons. The molecular formula is C22H17BrFN3O. The van der Waals surface area contributed by atoms with Crippen LogP contribution in [-0.2, 0) is 0 Å². The fraction of sp³-hybridized carbons (Fsp3) is 0.0455. The summed E-state index contributed by atoms with van der Waals surface area (Å²) in [6.45, 7) is 0. The predicted molar refractivity (Wildman–Crippen MR) is 112 cm³/mol. The molecule has 1 unspecified atom stereocenters. The lowest BCUT2D eigenvalue weighted by atomic mass is 10.0. The van der Waals surface area contributed by atoms with E-state index in [1.54, 1.807) is 12.1 Å². The van der Waals surface area contributed by atoms with Gasteiger partial charge in [0.1, 0.15) is 11.9 Å². The summed E-state index contributed by atoms with van der Waals surface area (Å²) < 4.78 is 14.3. The number of urea groups is 1. The topological polar surface area (TPSA) is 44.4 Å². The number of anilines is 1. The van der Waals surface area contributed by atoms with Crippen molar-refractivity contribution >= 4 is 33.3 Å². The van der Waals surface area contributed by atoms with Crippen molar-refractivity contribution in [1.82, 2.24) is 10.4 Å². The Hall–Kier alpha value is -3.12. The molecule has 1 heterocycles. The Morgan fingerprint density at radius 3 is 2.32 bits per heavy atom. The Kier molecular flexibility index (Phi) is 5.12. The van der Waals surface area contributed by atoms with Gasteiger partial charge in [0, 0.05) is 10.2 Å². The number of carbonyl (C=O) groups excluding carboxylic acids is 1. The molecule has 2 N–H and O–H groups in total. The zero-order chi connectivity index (χ0) is 19.5. The number of amides is 2. The predicted octanol–water partition coefficient (Wildman–Crippen LogP) is 5.72. The van der Waals surface area contributed by atoms with Crippen LogP contribution in [0.1, 0.15) is 17.2 Å². The molecule has 0 saturated carbocycles. The summed E-state index contributed by atoms with van der Waals surface area (Å²) in [5, 5.41) is 4.40. The third-order valence-electron chi connectivity index (χ3n) is 4.45. The standard InChI is InChI=1S/C22H17BrFN3O/c23-17-10-6-15(7-11-17)20-14-21(16-8-12-18(24)13-9-16)27(26-20)22(28)25-19-4-2-1-3-5-19/h1-14,21,26H,(H,25,28). The van der Waals surface area contributed by atoms with Crippen molar-refractivity contribution in [3.05, 3.63) is 106 Å². The molecule has 28 heavy (non-hydrogen) atoms. The fourth-order valence-corrected chi connectivity index (χ4v) is 3.31.